The number of thiazole rings is 1. The fourth-order valence-corrected chi connectivity index (χ4v) is 3.50. The zero-order valence-corrected chi connectivity index (χ0v) is 14.3. The Morgan fingerprint density at radius 2 is 2.00 bits per heavy atom. The molecule has 0 radical (unpaired) electrons. The van der Waals surface area contributed by atoms with Crippen molar-refractivity contribution in [1.82, 2.24) is 9.97 Å². The molecule has 0 saturated heterocycles. The highest BCUT2D eigenvalue weighted by Gasteiger charge is 2.20. The van der Waals surface area contributed by atoms with Crippen molar-refractivity contribution in [1.29, 1.82) is 0 Å². The molecular formula is C14H12N4O4S2. The normalized spacial score (nSPS) is 12.3. The first-order valence-electron chi connectivity index (χ1n) is 6.71. The number of nitrogens with zero attached hydrogens (tertiary/aromatic N) is 4. The Bertz CT molecular complexity index is 1050. The van der Waals surface area contributed by atoms with Crippen LogP contribution in [-0.2, 0) is 10.1 Å². The van der Waals surface area contributed by atoms with E-state index in [1.54, 1.807) is 0 Å². The molecular weight excluding hydrogens is 352 g/mol. The Morgan fingerprint density at radius 1 is 1.25 bits per heavy atom. The van der Waals surface area contributed by atoms with Gasteiger partial charge in [0.25, 0.3) is 10.1 Å². The molecule has 0 atom stereocenters. The number of fused-ring (bicyclic) bond motifs is 1. The molecule has 10 heteroatoms. The summed E-state index contributed by atoms with van der Waals surface area (Å²) in [6, 6.07) is 3.98. The summed E-state index contributed by atoms with van der Waals surface area (Å²) in [5.41, 5.74) is 0.699. The van der Waals surface area contributed by atoms with E-state index >= 15 is 0 Å². The van der Waals surface area contributed by atoms with E-state index in [0.717, 1.165) is 16.6 Å². The van der Waals surface area contributed by atoms with Crippen molar-refractivity contribution in [3.8, 4) is 5.75 Å². The minimum atomic E-state index is -4.52. The van der Waals surface area contributed by atoms with Crippen molar-refractivity contribution in [2.75, 3.05) is 0 Å². The van der Waals surface area contributed by atoms with Crippen LogP contribution in [0.15, 0.2) is 39.5 Å². The molecule has 0 bridgehead atoms. The summed E-state index contributed by atoms with van der Waals surface area (Å²) < 4.78 is 32.6. The van der Waals surface area contributed by atoms with E-state index < -0.39 is 15.0 Å². The molecule has 0 unspecified atom stereocenters. The lowest BCUT2D eigenvalue weighted by molar-refractivity contribution is 0.479. The number of aromatic hydroxyl groups is 1. The van der Waals surface area contributed by atoms with Gasteiger partial charge < -0.3 is 5.11 Å². The third-order valence-corrected chi connectivity index (χ3v) is 5.20. The van der Waals surface area contributed by atoms with Gasteiger partial charge in [-0.1, -0.05) is 11.3 Å². The second-order valence-corrected chi connectivity index (χ2v) is 7.53. The van der Waals surface area contributed by atoms with Gasteiger partial charge in [0, 0.05) is 16.5 Å². The summed E-state index contributed by atoms with van der Waals surface area (Å²) in [6.45, 7) is 3.72. The monoisotopic (exact) mass is 364 g/mol. The Hall–Kier alpha value is -2.43. The molecule has 2 heterocycles. The zero-order valence-electron chi connectivity index (χ0n) is 12.6. The molecule has 8 nitrogen and oxygen atoms in total. The van der Waals surface area contributed by atoms with Crippen LogP contribution in [0.3, 0.4) is 0 Å². The minimum absolute atomic E-state index is 0.00748. The first-order valence-corrected chi connectivity index (χ1v) is 8.97. The van der Waals surface area contributed by atoms with Crippen LogP contribution in [0, 0.1) is 13.8 Å². The molecule has 3 aromatic rings. The first kappa shape index (κ1) is 16.4. The summed E-state index contributed by atoms with van der Waals surface area (Å²) in [7, 11) is -4.52. The number of phenols is 1. The van der Waals surface area contributed by atoms with E-state index in [4.69, 9.17) is 0 Å². The Morgan fingerprint density at radius 3 is 2.62 bits per heavy atom. The minimum Gasteiger partial charge on any atom is -0.504 e. The number of hydrogen-bond donors (Lipinski definition) is 2. The van der Waals surface area contributed by atoms with E-state index in [9.17, 15) is 18.1 Å². The summed E-state index contributed by atoms with van der Waals surface area (Å²) in [5.74, 6) is -0.327. The molecule has 24 heavy (non-hydrogen) atoms. The van der Waals surface area contributed by atoms with Crippen LogP contribution >= 0.6 is 11.3 Å². The third kappa shape index (κ3) is 2.98. The molecule has 2 N–H and O–H groups in total. The van der Waals surface area contributed by atoms with Crippen molar-refractivity contribution in [3.63, 3.8) is 0 Å². The van der Waals surface area contributed by atoms with Gasteiger partial charge in [-0.15, -0.1) is 10.2 Å². The molecule has 0 aliphatic heterocycles. The van der Waals surface area contributed by atoms with Crippen LogP contribution in [0.2, 0.25) is 0 Å². The summed E-state index contributed by atoms with van der Waals surface area (Å²) >= 11 is 1.32. The van der Waals surface area contributed by atoms with Gasteiger partial charge in [0.15, 0.2) is 5.75 Å². The standard InChI is InChI=1S/C14H12N4O4S2/c1-7-8(2)23-14(16-7)18-17-10-6-11(24(20,21)22)9-4-3-5-15-12(9)13(10)19/h3-6,19H,1-2H3,(H,20,21,22). The summed E-state index contributed by atoms with van der Waals surface area (Å²) in [4.78, 5) is 8.71. The van der Waals surface area contributed by atoms with Crippen molar-refractivity contribution < 1.29 is 18.1 Å². The number of rotatable bonds is 3. The SMILES string of the molecule is Cc1nc(N=Nc2cc(S(=O)(=O)O)c3cccnc3c2O)sc1C. The van der Waals surface area contributed by atoms with Gasteiger partial charge in [-0.25, -0.2) is 4.98 Å². The third-order valence-electron chi connectivity index (χ3n) is 3.35. The zero-order chi connectivity index (χ0) is 17.5. The maximum atomic E-state index is 11.6. The molecule has 0 aliphatic rings. The molecule has 0 aliphatic carbocycles. The first-order chi connectivity index (χ1) is 11.3. The van der Waals surface area contributed by atoms with Crippen LogP contribution in [0.4, 0.5) is 10.8 Å². The van der Waals surface area contributed by atoms with Crippen molar-refractivity contribution in [2.24, 2.45) is 10.2 Å². The predicted molar refractivity (Wildman–Crippen MR) is 89.0 cm³/mol. The second kappa shape index (κ2) is 5.89. The van der Waals surface area contributed by atoms with E-state index in [1.807, 2.05) is 13.8 Å². The number of hydrogen-bond acceptors (Lipinski definition) is 8. The molecule has 0 saturated carbocycles. The number of azo groups is 1. The van der Waals surface area contributed by atoms with Crippen LogP contribution in [0.25, 0.3) is 10.9 Å². The van der Waals surface area contributed by atoms with Gasteiger partial charge in [0.2, 0.25) is 5.13 Å². The van der Waals surface area contributed by atoms with Crippen LogP contribution in [-0.4, -0.2) is 28.0 Å². The number of pyridine rings is 1. The highest BCUT2D eigenvalue weighted by Crippen LogP contribution is 2.38. The van der Waals surface area contributed by atoms with Gasteiger partial charge in [0.1, 0.15) is 16.1 Å². The molecule has 0 spiro atoms. The highest BCUT2D eigenvalue weighted by molar-refractivity contribution is 7.86. The number of aryl methyl sites for hydroxylation is 2. The molecule has 124 valence electrons. The fraction of sp³-hybridized carbons (Fsp3) is 0.143. The largest absolute Gasteiger partial charge is 0.504 e. The van der Waals surface area contributed by atoms with Gasteiger partial charge in [-0.3, -0.25) is 9.54 Å². The maximum Gasteiger partial charge on any atom is 0.295 e. The van der Waals surface area contributed by atoms with E-state index in [1.165, 1.54) is 29.7 Å². The Labute approximate surface area is 141 Å². The fourth-order valence-electron chi connectivity index (χ4n) is 2.07. The molecule has 0 fully saturated rings. The lowest BCUT2D eigenvalue weighted by Gasteiger charge is -2.07. The quantitative estimate of drug-likeness (QED) is 0.539. The lowest BCUT2D eigenvalue weighted by atomic mass is 10.2. The van der Waals surface area contributed by atoms with Crippen LogP contribution in [0.1, 0.15) is 10.6 Å². The molecule has 0 amide bonds. The summed E-state index contributed by atoms with van der Waals surface area (Å²) in [6.07, 6.45) is 1.39. The highest BCUT2D eigenvalue weighted by atomic mass is 32.2. The van der Waals surface area contributed by atoms with Gasteiger partial charge in [-0.2, -0.15) is 8.42 Å². The van der Waals surface area contributed by atoms with E-state index in [-0.39, 0.29) is 22.3 Å². The number of benzene rings is 1. The maximum absolute atomic E-state index is 11.6. The average Bonchev–Trinajstić information content (AvgIpc) is 2.84. The Balaban J connectivity index is 2.19. The smallest absolute Gasteiger partial charge is 0.295 e. The van der Waals surface area contributed by atoms with Crippen molar-refractivity contribution in [3.05, 3.63) is 35.0 Å². The topological polar surface area (TPSA) is 125 Å². The predicted octanol–water partition coefficient (Wildman–Crippen LogP) is 3.68. The van der Waals surface area contributed by atoms with E-state index in [0.29, 0.717) is 5.13 Å². The van der Waals surface area contributed by atoms with Gasteiger partial charge in [-0.05, 0) is 32.0 Å². The van der Waals surface area contributed by atoms with Gasteiger partial charge >= 0.3 is 0 Å². The number of aromatic nitrogens is 2. The second-order valence-electron chi connectivity index (χ2n) is 4.96. The lowest BCUT2D eigenvalue weighted by Crippen LogP contribution is -1.99. The van der Waals surface area contributed by atoms with Crippen molar-refractivity contribution >= 4 is 43.2 Å². The molecule has 3 rings (SSSR count). The average molecular weight is 364 g/mol. The van der Waals surface area contributed by atoms with E-state index in [2.05, 4.69) is 20.2 Å². The molecule has 1 aromatic carbocycles. The summed E-state index contributed by atoms with van der Waals surface area (Å²) in [5, 5.41) is 18.5. The Kier molecular flexibility index (Phi) is 4.03. The van der Waals surface area contributed by atoms with Gasteiger partial charge in [0.05, 0.1) is 5.69 Å². The van der Waals surface area contributed by atoms with Crippen LogP contribution in [0.5, 0.6) is 5.75 Å². The number of phenolic OH excluding ortho intramolecular Hbond substituents is 1. The van der Waals surface area contributed by atoms with Crippen LogP contribution < -0.4 is 0 Å². The van der Waals surface area contributed by atoms with Crippen molar-refractivity contribution in [2.45, 2.75) is 18.7 Å². The molecule has 2 aromatic heterocycles.